The van der Waals surface area contributed by atoms with Crippen LogP contribution in [0.2, 0.25) is 0 Å². The monoisotopic (exact) mass is 658 g/mol. The standard InChI is InChI=1S/C46H35BN2O2/c1-30-20-22-32(23-21-30)48(33-25-27-42-36(28-33)46(2,3)35-14-7-10-18-41(35)50-42)34-24-26-38-44(29-34)51-43-19-11-17-40-45(43)47(38)37-15-8-9-16-39(37)49(40)31-12-5-4-6-13-31/h4-29H,1-3H3. The first kappa shape index (κ1) is 29.7. The highest BCUT2D eigenvalue weighted by molar-refractivity contribution is 6.99. The summed E-state index contributed by atoms with van der Waals surface area (Å²) in [5, 5.41) is 0. The van der Waals surface area contributed by atoms with Crippen LogP contribution in [0, 0.1) is 6.92 Å². The molecule has 5 heteroatoms. The van der Waals surface area contributed by atoms with Crippen molar-refractivity contribution in [3.8, 4) is 23.0 Å². The number of ether oxygens (including phenoxy) is 2. The van der Waals surface area contributed by atoms with Crippen LogP contribution < -0.4 is 35.7 Å². The molecule has 244 valence electrons. The predicted octanol–water partition coefficient (Wildman–Crippen LogP) is 10.3. The van der Waals surface area contributed by atoms with Crippen LogP contribution in [0.5, 0.6) is 23.0 Å². The molecular formula is C46H35BN2O2. The van der Waals surface area contributed by atoms with Gasteiger partial charge in [0.1, 0.15) is 23.0 Å². The van der Waals surface area contributed by atoms with Gasteiger partial charge in [0.2, 0.25) is 0 Å². The summed E-state index contributed by atoms with van der Waals surface area (Å²) in [6.07, 6.45) is 0. The molecular weight excluding hydrogens is 623 g/mol. The molecule has 0 fully saturated rings. The first-order valence-corrected chi connectivity index (χ1v) is 17.6. The van der Waals surface area contributed by atoms with E-state index in [1.807, 2.05) is 6.07 Å². The van der Waals surface area contributed by atoms with Crippen molar-refractivity contribution in [2.45, 2.75) is 26.2 Å². The van der Waals surface area contributed by atoms with Gasteiger partial charge >= 0.3 is 0 Å². The first-order chi connectivity index (χ1) is 25.0. The molecule has 3 aliphatic heterocycles. The number of fused-ring (bicyclic) bond motifs is 6. The largest absolute Gasteiger partial charge is 0.458 e. The molecule has 3 aliphatic rings. The Balaban J connectivity index is 1.12. The minimum atomic E-state index is -0.235. The molecule has 51 heavy (non-hydrogen) atoms. The SMILES string of the molecule is Cc1ccc(N(c2ccc3c(c2)Oc2cccc4c2B3c2ccccc2N4c2ccccc2)c2ccc3c(c2)C(C)(C)c2ccccc2O3)cc1. The number of para-hydroxylation sites is 3. The van der Waals surface area contributed by atoms with E-state index in [-0.39, 0.29) is 12.1 Å². The smallest absolute Gasteiger partial charge is 0.256 e. The van der Waals surface area contributed by atoms with Gasteiger partial charge in [-0.25, -0.2) is 0 Å². The van der Waals surface area contributed by atoms with E-state index in [0.717, 1.165) is 57.0 Å². The van der Waals surface area contributed by atoms with Gasteiger partial charge in [-0.15, -0.1) is 0 Å². The zero-order valence-corrected chi connectivity index (χ0v) is 28.8. The molecule has 0 bridgehead atoms. The van der Waals surface area contributed by atoms with Gasteiger partial charge in [-0.1, -0.05) is 98.3 Å². The lowest BCUT2D eigenvalue weighted by atomic mass is 9.34. The van der Waals surface area contributed by atoms with Crippen molar-refractivity contribution >= 4 is 57.2 Å². The lowest BCUT2D eigenvalue weighted by Crippen LogP contribution is -2.59. The Labute approximate surface area is 299 Å². The summed E-state index contributed by atoms with van der Waals surface area (Å²) in [7, 11) is 0. The number of rotatable bonds is 4. The van der Waals surface area contributed by atoms with Gasteiger partial charge in [0.25, 0.3) is 6.71 Å². The van der Waals surface area contributed by atoms with Crippen molar-refractivity contribution in [1.29, 1.82) is 0 Å². The van der Waals surface area contributed by atoms with Gasteiger partial charge in [0.05, 0.1) is 0 Å². The van der Waals surface area contributed by atoms with Crippen molar-refractivity contribution in [2.24, 2.45) is 0 Å². The molecule has 0 N–H and O–H groups in total. The van der Waals surface area contributed by atoms with E-state index in [2.05, 4.69) is 182 Å². The van der Waals surface area contributed by atoms with Gasteiger partial charge in [-0.05, 0) is 96.1 Å². The Morgan fingerprint density at radius 3 is 2.02 bits per heavy atom. The highest BCUT2D eigenvalue weighted by atomic mass is 16.5. The molecule has 0 saturated heterocycles. The second kappa shape index (κ2) is 11.2. The van der Waals surface area contributed by atoms with Gasteiger partial charge in [-0.2, -0.15) is 0 Å². The topological polar surface area (TPSA) is 24.9 Å². The maximum Gasteiger partial charge on any atom is 0.256 e. The summed E-state index contributed by atoms with van der Waals surface area (Å²) < 4.78 is 13.3. The molecule has 0 saturated carbocycles. The molecule has 0 radical (unpaired) electrons. The summed E-state index contributed by atoms with van der Waals surface area (Å²) in [4.78, 5) is 4.70. The zero-order valence-electron chi connectivity index (χ0n) is 28.8. The Kier molecular flexibility index (Phi) is 6.50. The number of anilines is 6. The quantitative estimate of drug-likeness (QED) is 0.176. The van der Waals surface area contributed by atoms with E-state index in [4.69, 9.17) is 9.47 Å². The normalized spacial score (nSPS) is 14.2. The lowest BCUT2D eigenvalue weighted by Gasteiger charge is -2.40. The van der Waals surface area contributed by atoms with E-state index in [1.54, 1.807) is 0 Å². The van der Waals surface area contributed by atoms with Crippen molar-refractivity contribution in [3.63, 3.8) is 0 Å². The fourth-order valence-corrected chi connectivity index (χ4v) is 8.32. The molecule has 0 aromatic heterocycles. The summed E-state index contributed by atoms with van der Waals surface area (Å²) >= 11 is 0. The van der Waals surface area contributed by atoms with E-state index in [0.29, 0.717) is 0 Å². The molecule has 0 atom stereocenters. The van der Waals surface area contributed by atoms with E-state index in [9.17, 15) is 0 Å². The Morgan fingerprint density at radius 1 is 0.510 bits per heavy atom. The number of benzene rings is 7. The highest BCUT2D eigenvalue weighted by Crippen LogP contribution is 2.50. The Hall–Kier alpha value is -6.20. The second-order valence-corrected chi connectivity index (χ2v) is 14.3. The molecule has 0 spiro atoms. The van der Waals surface area contributed by atoms with Gasteiger partial charge < -0.3 is 19.3 Å². The van der Waals surface area contributed by atoms with E-state index >= 15 is 0 Å². The van der Waals surface area contributed by atoms with Crippen LogP contribution in [-0.4, -0.2) is 6.71 Å². The first-order valence-electron chi connectivity index (χ1n) is 17.6. The average Bonchev–Trinajstić information content (AvgIpc) is 3.16. The molecule has 0 aliphatic carbocycles. The second-order valence-electron chi connectivity index (χ2n) is 14.3. The van der Waals surface area contributed by atoms with E-state index < -0.39 is 0 Å². The Morgan fingerprint density at radius 2 is 1.16 bits per heavy atom. The van der Waals surface area contributed by atoms with Crippen LogP contribution >= 0.6 is 0 Å². The molecule has 4 nitrogen and oxygen atoms in total. The number of hydrogen-bond acceptors (Lipinski definition) is 4. The van der Waals surface area contributed by atoms with Gasteiger partial charge in [0, 0.05) is 56.7 Å². The van der Waals surface area contributed by atoms with E-state index in [1.165, 1.54) is 33.2 Å². The zero-order chi connectivity index (χ0) is 34.3. The molecule has 0 unspecified atom stereocenters. The number of nitrogens with zero attached hydrogens (tertiary/aromatic N) is 2. The number of hydrogen-bond donors (Lipinski definition) is 0. The molecule has 0 amide bonds. The van der Waals surface area contributed by atoms with Crippen molar-refractivity contribution < 1.29 is 9.47 Å². The Bertz CT molecular complexity index is 2490. The van der Waals surface area contributed by atoms with Crippen LogP contribution in [0.15, 0.2) is 158 Å². The maximum absolute atomic E-state index is 6.89. The molecule has 7 aromatic rings. The maximum atomic E-state index is 6.89. The van der Waals surface area contributed by atoms with Crippen LogP contribution in [0.3, 0.4) is 0 Å². The third-order valence-corrected chi connectivity index (χ3v) is 10.8. The van der Waals surface area contributed by atoms with Crippen molar-refractivity contribution in [3.05, 3.63) is 174 Å². The highest BCUT2D eigenvalue weighted by Gasteiger charge is 2.42. The molecule has 3 heterocycles. The fourth-order valence-electron chi connectivity index (χ4n) is 8.32. The van der Waals surface area contributed by atoms with Crippen molar-refractivity contribution in [2.75, 3.05) is 9.80 Å². The summed E-state index contributed by atoms with van der Waals surface area (Å²) in [5.74, 6) is 3.58. The summed E-state index contributed by atoms with van der Waals surface area (Å²) in [5.41, 5.74) is 13.6. The van der Waals surface area contributed by atoms with Crippen LogP contribution in [0.1, 0.15) is 30.5 Å². The molecule has 10 rings (SSSR count). The lowest BCUT2D eigenvalue weighted by molar-refractivity contribution is 0.418. The predicted molar refractivity (Wildman–Crippen MR) is 210 cm³/mol. The minimum Gasteiger partial charge on any atom is -0.458 e. The average molecular weight is 659 g/mol. The van der Waals surface area contributed by atoms with Gasteiger partial charge in [0.15, 0.2) is 0 Å². The van der Waals surface area contributed by atoms with Crippen molar-refractivity contribution in [1.82, 2.24) is 0 Å². The van der Waals surface area contributed by atoms with Crippen LogP contribution in [-0.2, 0) is 5.41 Å². The van der Waals surface area contributed by atoms with Crippen LogP contribution in [0.25, 0.3) is 0 Å². The number of aryl methyl sites for hydroxylation is 1. The molecule has 7 aromatic carbocycles. The summed E-state index contributed by atoms with van der Waals surface area (Å²) in [6.45, 7) is 6.74. The van der Waals surface area contributed by atoms with Gasteiger partial charge in [-0.3, -0.25) is 0 Å². The third-order valence-electron chi connectivity index (χ3n) is 10.8. The summed E-state index contributed by atoms with van der Waals surface area (Å²) in [6, 6.07) is 56.3. The fraction of sp³-hybridized carbons (Fsp3) is 0.0870. The minimum absolute atomic E-state index is 0.0414. The third kappa shape index (κ3) is 4.54. The van der Waals surface area contributed by atoms with Crippen LogP contribution in [0.4, 0.5) is 34.1 Å².